The van der Waals surface area contributed by atoms with E-state index >= 15 is 0 Å². The summed E-state index contributed by atoms with van der Waals surface area (Å²) >= 11 is 0. The molecule has 0 N–H and O–H groups in total. The number of benzene rings is 1. The predicted octanol–water partition coefficient (Wildman–Crippen LogP) is 3.40. The molecule has 1 aromatic carbocycles. The molecule has 93 valence electrons. The van der Waals surface area contributed by atoms with Crippen molar-refractivity contribution in [2.45, 2.75) is 33.1 Å². The van der Waals surface area contributed by atoms with Gasteiger partial charge in [0.1, 0.15) is 0 Å². The van der Waals surface area contributed by atoms with Crippen molar-refractivity contribution in [3.63, 3.8) is 0 Å². The van der Waals surface area contributed by atoms with Gasteiger partial charge in [0.15, 0.2) is 0 Å². The van der Waals surface area contributed by atoms with E-state index in [2.05, 4.69) is 6.92 Å². The smallest absolute Gasteiger partial charge is 0.293 e. The van der Waals surface area contributed by atoms with Crippen LogP contribution in [-0.4, -0.2) is 12.6 Å². The lowest BCUT2D eigenvalue weighted by molar-refractivity contribution is -0.241. The summed E-state index contributed by atoms with van der Waals surface area (Å²) in [5.74, 6) is -0.430. The van der Waals surface area contributed by atoms with Crippen molar-refractivity contribution < 1.29 is 14.6 Å². The van der Waals surface area contributed by atoms with Crippen molar-refractivity contribution in [3.8, 4) is 0 Å². The molecule has 0 saturated carbocycles. The van der Waals surface area contributed by atoms with Crippen molar-refractivity contribution in [3.05, 3.63) is 41.8 Å². The number of carbonyl (C=O) groups is 1. The molecule has 0 atom stereocenters. The van der Waals surface area contributed by atoms with E-state index in [-0.39, 0.29) is 0 Å². The summed E-state index contributed by atoms with van der Waals surface area (Å²) in [6.45, 7) is 8.00. The molecule has 1 radical (unpaired) electrons. The average molecular weight is 235 g/mol. The molecule has 0 aliphatic rings. The molecule has 0 spiro atoms. The molecule has 0 bridgehead atoms. The first-order chi connectivity index (χ1) is 8.16. The Morgan fingerprint density at radius 2 is 2.06 bits per heavy atom. The number of hydrogen-bond donors (Lipinski definition) is 0. The topological polar surface area (TPSA) is 35.5 Å². The molecule has 0 unspecified atom stereocenters. The molecule has 3 nitrogen and oxygen atoms in total. The van der Waals surface area contributed by atoms with Crippen LogP contribution in [0.5, 0.6) is 0 Å². The zero-order valence-electron chi connectivity index (χ0n) is 10.5. The maximum atomic E-state index is 11.7. The van der Waals surface area contributed by atoms with Gasteiger partial charge < -0.3 is 0 Å². The van der Waals surface area contributed by atoms with Crippen molar-refractivity contribution in [1.82, 2.24) is 0 Å². The third kappa shape index (κ3) is 4.19. The molecule has 0 heterocycles. The fourth-order valence-corrected chi connectivity index (χ4v) is 1.45. The highest BCUT2D eigenvalue weighted by Gasteiger charge is 2.12. The van der Waals surface area contributed by atoms with Crippen molar-refractivity contribution in [1.29, 1.82) is 0 Å². The van der Waals surface area contributed by atoms with Gasteiger partial charge in [-0.2, -0.15) is 4.89 Å². The highest BCUT2D eigenvalue weighted by Crippen LogP contribution is 2.13. The van der Waals surface area contributed by atoms with Gasteiger partial charge in [-0.1, -0.05) is 31.9 Å². The van der Waals surface area contributed by atoms with Crippen LogP contribution in [0, 0.1) is 20.8 Å². The Hall–Kier alpha value is -1.35. The molecular formula is C14H19O3. The number of hydrogen-bond acceptors (Lipinski definition) is 3. The van der Waals surface area contributed by atoms with Crippen LogP contribution in [0.2, 0.25) is 0 Å². The first-order valence-corrected chi connectivity index (χ1v) is 5.86. The van der Waals surface area contributed by atoms with E-state index in [1.54, 1.807) is 6.07 Å². The molecular weight excluding hydrogens is 216 g/mol. The van der Waals surface area contributed by atoms with Gasteiger partial charge in [-0.15, -0.1) is 0 Å². The lowest BCUT2D eigenvalue weighted by Crippen LogP contribution is -2.09. The monoisotopic (exact) mass is 235 g/mol. The summed E-state index contributed by atoms with van der Waals surface area (Å²) in [7, 11) is 0. The van der Waals surface area contributed by atoms with Gasteiger partial charge in [-0.05, 0) is 37.5 Å². The summed E-state index contributed by atoms with van der Waals surface area (Å²) in [6.07, 6.45) is 2.69. The van der Waals surface area contributed by atoms with Gasteiger partial charge in [0, 0.05) is 0 Å². The fraction of sp³-hybridized carbons (Fsp3) is 0.429. The molecule has 0 amide bonds. The standard InChI is InChI=1S/C14H19O3/c1-4-5-6-10-16-17-14(15)13-9-7-8-11(2)12(13)3/h7-9H,1,4-6,10H2,2-3H3. The summed E-state index contributed by atoms with van der Waals surface area (Å²) in [4.78, 5) is 21.3. The average Bonchev–Trinajstić information content (AvgIpc) is 2.32. The molecule has 0 saturated heterocycles. The predicted molar refractivity (Wildman–Crippen MR) is 66.5 cm³/mol. The van der Waals surface area contributed by atoms with Crippen molar-refractivity contribution in [2.24, 2.45) is 0 Å². The molecule has 1 aromatic rings. The van der Waals surface area contributed by atoms with E-state index in [9.17, 15) is 4.79 Å². The van der Waals surface area contributed by atoms with Crippen LogP contribution in [0.1, 0.15) is 40.7 Å². The Bertz CT molecular complexity index is 372. The fourth-order valence-electron chi connectivity index (χ4n) is 1.45. The van der Waals surface area contributed by atoms with E-state index in [1.165, 1.54) is 0 Å². The quantitative estimate of drug-likeness (QED) is 0.430. The minimum atomic E-state index is -0.430. The van der Waals surface area contributed by atoms with Crippen LogP contribution < -0.4 is 0 Å². The van der Waals surface area contributed by atoms with Gasteiger partial charge in [0.05, 0.1) is 12.2 Å². The second-order valence-electron chi connectivity index (χ2n) is 4.00. The number of aryl methyl sites for hydroxylation is 1. The van der Waals surface area contributed by atoms with Crippen molar-refractivity contribution >= 4 is 5.97 Å². The second kappa shape index (κ2) is 7.07. The first kappa shape index (κ1) is 13.7. The summed E-state index contributed by atoms with van der Waals surface area (Å²) < 4.78 is 0. The van der Waals surface area contributed by atoms with Crippen LogP contribution in [0.4, 0.5) is 0 Å². The largest absolute Gasteiger partial charge is 0.373 e. The normalized spacial score (nSPS) is 10.3. The third-order valence-corrected chi connectivity index (χ3v) is 2.69. The Balaban J connectivity index is 2.44. The number of carbonyl (C=O) groups excluding carboxylic acids is 1. The first-order valence-electron chi connectivity index (χ1n) is 5.86. The Morgan fingerprint density at radius 3 is 2.76 bits per heavy atom. The van der Waals surface area contributed by atoms with Gasteiger partial charge >= 0.3 is 5.97 Å². The molecule has 0 aromatic heterocycles. The summed E-state index contributed by atoms with van der Waals surface area (Å²) in [5.41, 5.74) is 2.55. The number of rotatable bonds is 6. The van der Waals surface area contributed by atoms with E-state index < -0.39 is 5.97 Å². The maximum absolute atomic E-state index is 11.7. The SMILES string of the molecule is [CH2]CCCCOOC(=O)c1cccc(C)c1C. The molecule has 0 fully saturated rings. The molecule has 17 heavy (non-hydrogen) atoms. The Morgan fingerprint density at radius 1 is 1.29 bits per heavy atom. The van der Waals surface area contributed by atoms with Crippen LogP contribution in [-0.2, 0) is 9.78 Å². The lowest BCUT2D eigenvalue weighted by Gasteiger charge is -2.07. The summed E-state index contributed by atoms with van der Waals surface area (Å²) in [5, 5.41) is 0. The van der Waals surface area contributed by atoms with Gasteiger partial charge in [-0.3, -0.25) is 4.89 Å². The van der Waals surface area contributed by atoms with E-state index in [0.29, 0.717) is 12.2 Å². The van der Waals surface area contributed by atoms with Crippen LogP contribution in [0.3, 0.4) is 0 Å². The van der Waals surface area contributed by atoms with Gasteiger partial charge in [0.2, 0.25) is 0 Å². The third-order valence-electron chi connectivity index (χ3n) is 2.69. The summed E-state index contributed by atoms with van der Waals surface area (Å²) in [6, 6.07) is 5.53. The highest BCUT2D eigenvalue weighted by atomic mass is 17.2. The van der Waals surface area contributed by atoms with Crippen LogP contribution in [0.15, 0.2) is 18.2 Å². The van der Waals surface area contributed by atoms with Crippen LogP contribution in [0.25, 0.3) is 0 Å². The molecule has 0 aliphatic carbocycles. The second-order valence-corrected chi connectivity index (χ2v) is 4.00. The van der Waals surface area contributed by atoms with E-state index in [0.717, 1.165) is 30.4 Å². The lowest BCUT2D eigenvalue weighted by atomic mass is 10.0. The zero-order valence-corrected chi connectivity index (χ0v) is 10.5. The molecule has 3 heteroatoms. The minimum absolute atomic E-state index is 0.423. The molecule has 0 aliphatic heterocycles. The Labute approximate surface area is 103 Å². The van der Waals surface area contributed by atoms with Gasteiger partial charge in [0.25, 0.3) is 0 Å². The number of unbranched alkanes of at least 4 members (excludes halogenated alkanes) is 2. The molecule has 1 rings (SSSR count). The van der Waals surface area contributed by atoms with Crippen LogP contribution >= 0.6 is 0 Å². The van der Waals surface area contributed by atoms with Crippen molar-refractivity contribution in [2.75, 3.05) is 6.61 Å². The Kier molecular flexibility index (Phi) is 5.70. The highest BCUT2D eigenvalue weighted by molar-refractivity contribution is 5.90. The minimum Gasteiger partial charge on any atom is -0.293 e. The van der Waals surface area contributed by atoms with E-state index in [1.807, 2.05) is 26.0 Å². The zero-order chi connectivity index (χ0) is 12.7. The van der Waals surface area contributed by atoms with Gasteiger partial charge in [-0.25, -0.2) is 4.79 Å². The van der Waals surface area contributed by atoms with E-state index in [4.69, 9.17) is 9.78 Å². The maximum Gasteiger partial charge on any atom is 0.373 e.